The van der Waals surface area contributed by atoms with Crippen molar-refractivity contribution in [1.82, 2.24) is 4.90 Å². The van der Waals surface area contributed by atoms with Gasteiger partial charge in [0.2, 0.25) is 0 Å². The molecular weight excluding hydrogens is 213 g/mol. The number of carbonyl (C=O) groups is 1. The zero-order valence-electron chi connectivity index (χ0n) is 8.81. The Bertz CT molecular complexity index is 416. The quantitative estimate of drug-likeness (QED) is 0.804. The van der Waals surface area contributed by atoms with Gasteiger partial charge in [0.1, 0.15) is 0 Å². The van der Waals surface area contributed by atoms with Crippen LogP contribution in [-0.2, 0) is 0 Å². The Morgan fingerprint density at radius 3 is 2.81 bits per heavy atom. The summed E-state index contributed by atoms with van der Waals surface area (Å²) in [4.78, 5) is 13.2. The van der Waals surface area contributed by atoms with Crippen molar-refractivity contribution in [3.63, 3.8) is 0 Å². The smallest absolute Gasteiger partial charge is 0.257 e. The van der Waals surface area contributed by atoms with Crippen LogP contribution in [0.3, 0.4) is 0 Å². The van der Waals surface area contributed by atoms with E-state index in [1.54, 1.807) is 6.07 Å². The van der Waals surface area contributed by atoms with Crippen LogP contribution in [-0.4, -0.2) is 42.2 Å². The standard InChI is InChI=1S/C11H12FNO3/c1-16-9-4-2-3-8(10(9)12)11(15)13-5-7(14)6-13/h2-4,7,14H,5-6H2,1H3. The predicted molar refractivity (Wildman–Crippen MR) is 54.9 cm³/mol. The fourth-order valence-corrected chi connectivity index (χ4v) is 1.63. The number of nitrogens with zero attached hydrogens (tertiary/aromatic N) is 1. The minimum atomic E-state index is -0.656. The van der Waals surface area contributed by atoms with Crippen molar-refractivity contribution >= 4 is 5.91 Å². The summed E-state index contributed by atoms with van der Waals surface area (Å²) in [6.45, 7) is 0.519. The first kappa shape index (κ1) is 10.9. The lowest BCUT2D eigenvalue weighted by atomic mass is 10.1. The number of benzene rings is 1. The number of aliphatic hydroxyl groups excluding tert-OH is 1. The van der Waals surface area contributed by atoms with Crippen LogP contribution in [0.15, 0.2) is 18.2 Å². The SMILES string of the molecule is COc1cccc(C(=O)N2CC(O)C2)c1F. The van der Waals surface area contributed by atoms with Crippen molar-refractivity contribution in [3.05, 3.63) is 29.6 Å². The molecule has 0 saturated carbocycles. The van der Waals surface area contributed by atoms with Gasteiger partial charge in [-0.05, 0) is 12.1 Å². The van der Waals surface area contributed by atoms with Crippen LogP contribution in [0.5, 0.6) is 5.75 Å². The van der Waals surface area contributed by atoms with Crippen LogP contribution in [0, 0.1) is 5.82 Å². The minimum absolute atomic E-state index is 0.0220. The molecule has 0 aromatic heterocycles. The largest absolute Gasteiger partial charge is 0.494 e. The normalized spacial score (nSPS) is 15.8. The third-order valence-corrected chi connectivity index (χ3v) is 2.56. The van der Waals surface area contributed by atoms with Gasteiger partial charge in [0.05, 0.1) is 18.8 Å². The third kappa shape index (κ3) is 1.74. The van der Waals surface area contributed by atoms with Crippen LogP contribution in [0.25, 0.3) is 0 Å². The summed E-state index contributed by atoms with van der Waals surface area (Å²) < 4.78 is 18.5. The lowest BCUT2D eigenvalue weighted by Gasteiger charge is -2.35. The second-order valence-corrected chi connectivity index (χ2v) is 3.69. The second-order valence-electron chi connectivity index (χ2n) is 3.69. The number of hydrogen-bond donors (Lipinski definition) is 1. The van der Waals surface area contributed by atoms with Gasteiger partial charge >= 0.3 is 0 Å². The van der Waals surface area contributed by atoms with Gasteiger partial charge < -0.3 is 14.7 Å². The number of amides is 1. The van der Waals surface area contributed by atoms with Gasteiger partial charge in [0.25, 0.3) is 5.91 Å². The number of carbonyl (C=O) groups excluding carboxylic acids is 1. The van der Waals surface area contributed by atoms with Crippen molar-refractivity contribution in [2.24, 2.45) is 0 Å². The molecule has 1 saturated heterocycles. The van der Waals surface area contributed by atoms with Gasteiger partial charge in [-0.3, -0.25) is 4.79 Å². The molecule has 86 valence electrons. The molecule has 1 aliphatic rings. The maximum absolute atomic E-state index is 13.7. The highest BCUT2D eigenvalue weighted by atomic mass is 19.1. The first-order valence-electron chi connectivity index (χ1n) is 4.93. The van der Waals surface area contributed by atoms with Crippen LogP contribution >= 0.6 is 0 Å². The topological polar surface area (TPSA) is 49.8 Å². The van der Waals surface area contributed by atoms with Gasteiger partial charge in [-0.15, -0.1) is 0 Å². The Morgan fingerprint density at radius 1 is 1.56 bits per heavy atom. The van der Waals surface area contributed by atoms with Crippen LogP contribution in [0.1, 0.15) is 10.4 Å². The molecule has 0 bridgehead atoms. The fraction of sp³-hybridized carbons (Fsp3) is 0.364. The molecular formula is C11H12FNO3. The van der Waals surface area contributed by atoms with Crippen LogP contribution < -0.4 is 4.74 Å². The summed E-state index contributed by atoms with van der Waals surface area (Å²) in [6, 6.07) is 4.42. The number of β-amino-alcohol motifs (C(OH)–C–C–N with tert-alkyl or cyclic N) is 1. The summed E-state index contributed by atoms with van der Waals surface area (Å²) in [6.07, 6.45) is -0.488. The monoisotopic (exact) mass is 225 g/mol. The van der Waals surface area contributed by atoms with E-state index in [-0.39, 0.29) is 24.4 Å². The second kappa shape index (κ2) is 4.09. The maximum Gasteiger partial charge on any atom is 0.257 e. The van der Waals surface area contributed by atoms with Crippen molar-refractivity contribution < 1.29 is 19.0 Å². The van der Waals surface area contributed by atoms with Gasteiger partial charge in [0, 0.05) is 13.1 Å². The fourth-order valence-electron chi connectivity index (χ4n) is 1.63. The maximum atomic E-state index is 13.7. The van der Waals surface area contributed by atoms with Crippen molar-refractivity contribution in [3.8, 4) is 5.75 Å². The first-order valence-corrected chi connectivity index (χ1v) is 4.93. The molecule has 1 aromatic rings. The molecule has 5 heteroatoms. The number of halogens is 1. The molecule has 2 rings (SSSR count). The molecule has 1 N–H and O–H groups in total. The average molecular weight is 225 g/mol. The van der Waals surface area contributed by atoms with E-state index in [0.717, 1.165) is 0 Å². The molecule has 0 aliphatic carbocycles. The van der Waals surface area contributed by atoms with Gasteiger partial charge in [-0.25, -0.2) is 4.39 Å². The summed E-state index contributed by atoms with van der Waals surface area (Å²) in [5.74, 6) is -1.02. The molecule has 1 heterocycles. The average Bonchev–Trinajstić information content (AvgIpc) is 2.24. The van der Waals surface area contributed by atoms with Crippen molar-refractivity contribution in [2.75, 3.05) is 20.2 Å². The molecule has 1 fully saturated rings. The molecule has 16 heavy (non-hydrogen) atoms. The Balaban J connectivity index is 2.23. The highest BCUT2D eigenvalue weighted by Crippen LogP contribution is 2.22. The van der Waals surface area contributed by atoms with Crippen LogP contribution in [0.4, 0.5) is 4.39 Å². The van der Waals surface area contributed by atoms with E-state index in [9.17, 15) is 9.18 Å². The van der Waals surface area contributed by atoms with E-state index < -0.39 is 17.8 Å². The zero-order chi connectivity index (χ0) is 11.7. The number of hydrogen-bond acceptors (Lipinski definition) is 3. The molecule has 0 radical (unpaired) electrons. The van der Waals surface area contributed by atoms with E-state index in [2.05, 4.69) is 0 Å². The van der Waals surface area contributed by atoms with E-state index >= 15 is 0 Å². The number of aliphatic hydroxyl groups is 1. The summed E-state index contributed by atoms with van der Waals surface area (Å²) in [7, 11) is 1.35. The summed E-state index contributed by atoms with van der Waals surface area (Å²) >= 11 is 0. The van der Waals surface area contributed by atoms with E-state index in [1.165, 1.54) is 24.1 Å². The summed E-state index contributed by atoms with van der Waals surface area (Å²) in [5.41, 5.74) is -0.0220. The predicted octanol–water partition coefficient (Wildman–Crippen LogP) is 0.651. The Kier molecular flexibility index (Phi) is 2.78. The molecule has 0 spiro atoms. The minimum Gasteiger partial charge on any atom is -0.494 e. The van der Waals surface area contributed by atoms with Gasteiger partial charge in [-0.1, -0.05) is 6.07 Å². The molecule has 0 atom stereocenters. The number of methoxy groups -OCH3 is 1. The summed E-state index contributed by atoms with van der Waals surface area (Å²) in [5, 5.41) is 9.07. The van der Waals surface area contributed by atoms with Crippen molar-refractivity contribution in [1.29, 1.82) is 0 Å². The number of ether oxygens (including phenoxy) is 1. The zero-order valence-corrected chi connectivity index (χ0v) is 8.81. The van der Waals surface area contributed by atoms with E-state index in [1.807, 2.05) is 0 Å². The number of rotatable bonds is 2. The highest BCUT2D eigenvalue weighted by molar-refractivity contribution is 5.95. The molecule has 1 aliphatic heterocycles. The Hall–Kier alpha value is -1.62. The van der Waals surface area contributed by atoms with Crippen LogP contribution in [0.2, 0.25) is 0 Å². The number of likely N-dealkylation sites (tertiary alicyclic amines) is 1. The Morgan fingerprint density at radius 2 is 2.25 bits per heavy atom. The Labute approximate surface area is 92.2 Å². The highest BCUT2D eigenvalue weighted by Gasteiger charge is 2.31. The first-order chi connectivity index (χ1) is 7.63. The van der Waals surface area contributed by atoms with Crippen molar-refractivity contribution in [2.45, 2.75) is 6.10 Å². The molecule has 4 nitrogen and oxygen atoms in total. The van der Waals surface area contributed by atoms with E-state index in [4.69, 9.17) is 9.84 Å². The third-order valence-electron chi connectivity index (χ3n) is 2.56. The molecule has 1 aromatic carbocycles. The van der Waals surface area contributed by atoms with E-state index in [0.29, 0.717) is 0 Å². The lowest BCUT2D eigenvalue weighted by molar-refractivity contribution is 0.00555. The lowest BCUT2D eigenvalue weighted by Crippen LogP contribution is -2.53. The van der Waals surface area contributed by atoms with Gasteiger partial charge in [-0.2, -0.15) is 0 Å². The molecule has 1 amide bonds. The van der Waals surface area contributed by atoms with Gasteiger partial charge in [0.15, 0.2) is 11.6 Å². The molecule has 0 unspecified atom stereocenters.